The van der Waals surface area contributed by atoms with Crippen molar-refractivity contribution in [3.63, 3.8) is 0 Å². The van der Waals surface area contributed by atoms with Crippen LogP contribution in [0.15, 0.2) is 6.07 Å². The van der Waals surface area contributed by atoms with Crippen molar-refractivity contribution in [3.05, 3.63) is 28.8 Å². The van der Waals surface area contributed by atoms with Crippen molar-refractivity contribution in [1.29, 1.82) is 0 Å². The van der Waals surface area contributed by atoms with E-state index in [4.69, 9.17) is 0 Å². The SMILES string of the molecule is Cc1c(C(C)(C)O)cc(F)c2nc(CCCC(=O)CC(C)(C)C(F)(F)F)n(C3CCC3)c12. The van der Waals surface area contributed by atoms with Crippen LogP contribution in [0.5, 0.6) is 0 Å². The van der Waals surface area contributed by atoms with Crippen molar-refractivity contribution in [3.8, 4) is 0 Å². The minimum atomic E-state index is -4.44. The number of alkyl halides is 3. The highest BCUT2D eigenvalue weighted by atomic mass is 19.4. The molecule has 0 bridgehead atoms. The molecule has 0 aliphatic heterocycles. The van der Waals surface area contributed by atoms with Gasteiger partial charge in [-0.05, 0) is 63.6 Å². The summed E-state index contributed by atoms with van der Waals surface area (Å²) >= 11 is 0. The molecule has 1 aliphatic carbocycles. The summed E-state index contributed by atoms with van der Waals surface area (Å²) in [6.07, 6.45) is -1.32. The molecule has 0 atom stereocenters. The predicted octanol–water partition coefficient (Wildman–Crippen LogP) is 6.31. The fourth-order valence-electron chi connectivity index (χ4n) is 4.41. The summed E-state index contributed by atoms with van der Waals surface area (Å²) in [5.74, 6) is -0.308. The lowest BCUT2D eigenvalue weighted by Gasteiger charge is -2.30. The number of nitrogens with zero attached hydrogens (tertiary/aromatic N) is 2. The summed E-state index contributed by atoms with van der Waals surface area (Å²) < 4.78 is 56.1. The summed E-state index contributed by atoms with van der Waals surface area (Å²) in [7, 11) is 0. The summed E-state index contributed by atoms with van der Waals surface area (Å²) in [5, 5.41) is 10.5. The molecule has 1 fully saturated rings. The van der Waals surface area contributed by atoms with E-state index in [2.05, 4.69) is 4.98 Å². The third-order valence-electron chi connectivity index (χ3n) is 6.60. The molecule has 2 aromatic rings. The van der Waals surface area contributed by atoms with Crippen molar-refractivity contribution >= 4 is 16.8 Å². The molecule has 0 saturated heterocycles. The number of rotatable bonds is 8. The Morgan fingerprint density at radius 2 is 1.84 bits per heavy atom. The Kier molecular flexibility index (Phi) is 6.50. The van der Waals surface area contributed by atoms with Gasteiger partial charge in [0, 0.05) is 25.3 Å². The zero-order valence-electron chi connectivity index (χ0n) is 19.4. The van der Waals surface area contributed by atoms with Gasteiger partial charge in [-0.25, -0.2) is 9.37 Å². The number of aromatic nitrogens is 2. The normalized spacial score (nSPS) is 15.9. The summed E-state index contributed by atoms with van der Waals surface area (Å²) in [4.78, 5) is 16.7. The largest absolute Gasteiger partial charge is 0.394 e. The second kappa shape index (κ2) is 8.43. The Morgan fingerprint density at radius 1 is 1.22 bits per heavy atom. The van der Waals surface area contributed by atoms with Crippen molar-refractivity contribution < 1.29 is 27.5 Å². The lowest BCUT2D eigenvalue weighted by Crippen LogP contribution is -2.34. The fourth-order valence-corrected chi connectivity index (χ4v) is 4.41. The smallest absolute Gasteiger partial charge is 0.386 e. The first-order valence-corrected chi connectivity index (χ1v) is 11.1. The van der Waals surface area contributed by atoms with Crippen LogP contribution in [0.25, 0.3) is 11.0 Å². The van der Waals surface area contributed by atoms with Crippen LogP contribution in [0.3, 0.4) is 0 Å². The van der Waals surface area contributed by atoms with Gasteiger partial charge in [0.2, 0.25) is 0 Å². The van der Waals surface area contributed by atoms with Crippen LogP contribution in [0.4, 0.5) is 17.6 Å². The predicted molar refractivity (Wildman–Crippen MR) is 115 cm³/mol. The topological polar surface area (TPSA) is 55.1 Å². The third-order valence-corrected chi connectivity index (χ3v) is 6.60. The van der Waals surface area contributed by atoms with Gasteiger partial charge < -0.3 is 9.67 Å². The first kappa shape index (κ1) is 24.7. The molecule has 1 aliphatic rings. The number of ketones is 1. The van der Waals surface area contributed by atoms with Crippen LogP contribution in [-0.2, 0) is 16.8 Å². The average molecular weight is 457 g/mol. The minimum Gasteiger partial charge on any atom is -0.386 e. The van der Waals surface area contributed by atoms with Crippen molar-refractivity contribution in [2.24, 2.45) is 5.41 Å². The minimum absolute atomic E-state index is 0.0176. The molecule has 4 nitrogen and oxygen atoms in total. The summed E-state index contributed by atoms with van der Waals surface area (Å²) in [5.41, 5.74) is -1.11. The highest BCUT2D eigenvalue weighted by Gasteiger charge is 2.48. The van der Waals surface area contributed by atoms with E-state index in [-0.39, 0.29) is 18.0 Å². The van der Waals surface area contributed by atoms with E-state index < -0.39 is 35.2 Å². The lowest BCUT2D eigenvalue weighted by molar-refractivity contribution is -0.213. The van der Waals surface area contributed by atoms with E-state index in [0.29, 0.717) is 29.7 Å². The molecular formula is C24H32F4N2O2. The highest BCUT2D eigenvalue weighted by molar-refractivity contribution is 5.82. The van der Waals surface area contributed by atoms with Crippen molar-refractivity contribution in [2.75, 3.05) is 0 Å². The number of fused-ring (bicyclic) bond motifs is 1. The van der Waals surface area contributed by atoms with Crippen LogP contribution in [0.1, 0.15) is 89.2 Å². The van der Waals surface area contributed by atoms with E-state index in [1.807, 2.05) is 11.5 Å². The Morgan fingerprint density at radius 3 is 2.34 bits per heavy atom. The van der Waals surface area contributed by atoms with Gasteiger partial charge in [0.1, 0.15) is 17.1 Å². The number of aryl methyl sites for hydroxylation is 2. The standard InChI is InChI=1S/C24H32F4N2O2/c1-14-17(23(4,5)32)12-18(25)20-21(14)30(15-8-6-9-15)19(29-20)11-7-10-16(31)13-22(2,3)24(26,27)28/h12,15,32H,6-11,13H2,1-5H3. The second-order valence-corrected chi connectivity index (χ2v) is 10.2. The molecule has 8 heteroatoms. The van der Waals surface area contributed by atoms with Crippen molar-refractivity contribution in [2.45, 2.75) is 97.4 Å². The van der Waals surface area contributed by atoms with E-state index in [1.165, 1.54) is 6.07 Å². The van der Waals surface area contributed by atoms with Gasteiger partial charge in [-0.1, -0.05) is 13.8 Å². The maximum absolute atomic E-state index is 14.9. The zero-order valence-corrected chi connectivity index (χ0v) is 19.4. The number of carbonyl (C=O) groups is 1. The number of hydrogen-bond acceptors (Lipinski definition) is 3. The molecule has 0 radical (unpaired) electrons. The third kappa shape index (κ3) is 4.70. The Labute approximate surface area is 186 Å². The molecule has 1 aromatic heterocycles. The lowest BCUT2D eigenvalue weighted by atomic mass is 9.85. The number of aliphatic hydroxyl groups is 1. The summed E-state index contributed by atoms with van der Waals surface area (Å²) in [6, 6.07) is 1.49. The molecule has 0 unspecified atom stereocenters. The molecule has 1 saturated carbocycles. The molecule has 1 heterocycles. The molecule has 0 amide bonds. The number of hydrogen-bond donors (Lipinski definition) is 1. The Balaban J connectivity index is 1.87. The van der Waals surface area contributed by atoms with E-state index >= 15 is 0 Å². The van der Waals surface area contributed by atoms with Gasteiger partial charge in [-0.3, -0.25) is 4.79 Å². The summed E-state index contributed by atoms with van der Waals surface area (Å²) in [6.45, 7) is 7.14. The zero-order chi connectivity index (χ0) is 24.1. The van der Waals surface area contributed by atoms with Gasteiger partial charge in [0.25, 0.3) is 0 Å². The highest BCUT2D eigenvalue weighted by Crippen LogP contribution is 2.41. The molecule has 178 valence electrons. The van der Waals surface area contributed by atoms with Crippen molar-refractivity contribution in [1.82, 2.24) is 9.55 Å². The van der Waals surface area contributed by atoms with E-state index in [1.54, 1.807) is 13.8 Å². The molecule has 1 N–H and O–H groups in total. The number of imidazole rings is 1. The number of Topliss-reactive ketones (excluding diaryl/α,β-unsaturated/α-hetero) is 1. The number of carbonyl (C=O) groups excluding carboxylic acids is 1. The van der Waals surface area contributed by atoms with Gasteiger partial charge in [-0.15, -0.1) is 0 Å². The molecule has 0 spiro atoms. The van der Waals surface area contributed by atoms with Gasteiger partial charge in [0.15, 0.2) is 5.82 Å². The van der Waals surface area contributed by atoms with Crippen LogP contribution in [0, 0.1) is 18.2 Å². The van der Waals surface area contributed by atoms with Gasteiger partial charge in [-0.2, -0.15) is 13.2 Å². The van der Waals surface area contributed by atoms with Gasteiger partial charge >= 0.3 is 6.18 Å². The first-order valence-electron chi connectivity index (χ1n) is 11.1. The maximum Gasteiger partial charge on any atom is 0.394 e. The van der Waals surface area contributed by atoms with E-state index in [9.17, 15) is 27.5 Å². The van der Waals surface area contributed by atoms with Crippen LogP contribution < -0.4 is 0 Å². The monoisotopic (exact) mass is 456 g/mol. The molecular weight excluding hydrogens is 424 g/mol. The molecule has 1 aromatic carbocycles. The van der Waals surface area contributed by atoms with Gasteiger partial charge in [0.05, 0.1) is 16.5 Å². The Bertz CT molecular complexity index is 1010. The molecule has 32 heavy (non-hydrogen) atoms. The Hall–Kier alpha value is -1.96. The average Bonchev–Trinajstić information content (AvgIpc) is 2.94. The quantitative estimate of drug-likeness (QED) is 0.474. The maximum atomic E-state index is 14.9. The molecule has 3 rings (SSSR count). The second-order valence-electron chi connectivity index (χ2n) is 10.2. The van der Waals surface area contributed by atoms with Crippen LogP contribution in [-0.4, -0.2) is 26.6 Å². The fraction of sp³-hybridized carbons (Fsp3) is 0.667. The van der Waals surface area contributed by atoms with Crippen LogP contribution in [0.2, 0.25) is 0 Å². The first-order chi connectivity index (χ1) is 14.6. The van der Waals surface area contributed by atoms with Crippen LogP contribution >= 0.6 is 0 Å². The number of halogens is 4. The number of benzene rings is 1. The van der Waals surface area contributed by atoms with E-state index in [0.717, 1.165) is 38.7 Å².